The number of anilines is 3. The lowest BCUT2D eigenvalue weighted by atomic mass is 9.89. The highest BCUT2D eigenvalue weighted by atomic mass is 16.5. The molecule has 0 radical (unpaired) electrons. The fraction of sp³-hybridized carbons (Fsp3) is 0.375. The number of carbonyl (C=O) groups is 1. The highest BCUT2D eigenvalue weighted by Crippen LogP contribution is 2.29. The summed E-state index contributed by atoms with van der Waals surface area (Å²) in [5, 5.41) is 17.4. The summed E-state index contributed by atoms with van der Waals surface area (Å²) in [5.41, 5.74) is 1.98. The molecule has 3 N–H and O–H groups in total. The van der Waals surface area contributed by atoms with E-state index in [4.69, 9.17) is 9.26 Å². The fourth-order valence-electron chi connectivity index (χ4n) is 4.14. The van der Waals surface area contributed by atoms with Gasteiger partial charge in [0.1, 0.15) is 17.0 Å². The maximum Gasteiger partial charge on any atom is 0.292 e. The number of ether oxygens (including phenoxy) is 1. The SMILES string of the molecule is CNc1cc(Nc2cccn(-c3cnn(C(C)C)c3)c2=O)nc2c(C(=O)N[C@@H]3CC[C@H]3OC)onc12. The zero-order valence-corrected chi connectivity index (χ0v) is 20.5. The van der Waals surface area contributed by atoms with Crippen molar-refractivity contribution in [2.24, 2.45) is 0 Å². The molecule has 0 bridgehead atoms. The Labute approximate surface area is 206 Å². The second-order valence-corrected chi connectivity index (χ2v) is 8.94. The number of nitrogens with one attached hydrogen (secondary N) is 3. The zero-order valence-electron chi connectivity index (χ0n) is 20.5. The molecule has 0 spiro atoms. The molecule has 1 fully saturated rings. The van der Waals surface area contributed by atoms with E-state index in [1.807, 2.05) is 20.0 Å². The van der Waals surface area contributed by atoms with Crippen LogP contribution in [-0.4, -0.2) is 56.7 Å². The summed E-state index contributed by atoms with van der Waals surface area (Å²) in [5.74, 6) is -0.0612. The standard InChI is InChI=1S/C24H28N8O4/c1-13(2)32-12-14(11-26-32)31-9-5-6-16(24(31)34)27-19-10-17(25-3)20-21(29-19)22(36-30-20)23(33)28-15-7-8-18(15)35-4/h5-6,9-13,15,18,25H,7-8H2,1-4H3,(H,27,29)(H,28,33)/t15-,18-/m1/s1. The van der Waals surface area contributed by atoms with Crippen molar-refractivity contribution < 1.29 is 14.1 Å². The molecule has 188 valence electrons. The maximum absolute atomic E-state index is 13.2. The summed E-state index contributed by atoms with van der Waals surface area (Å²) >= 11 is 0. The number of methoxy groups -OCH3 is 1. The summed E-state index contributed by atoms with van der Waals surface area (Å²) in [6, 6.07) is 5.21. The van der Waals surface area contributed by atoms with Crippen molar-refractivity contribution in [3.05, 3.63) is 52.9 Å². The maximum atomic E-state index is 13.2. The largest absolute Gasteiger partial charge is 0.386 e. The Morgan fingerprint density at radius 2 is 2.08 bits per heavy atom. The van der Waals surface area contributed by atoms with Crippen LogP contribution in [0, 0.1) is 0 Å². The number of carbonyl (C=O) groups excluding carboxylic acids is 1. The van der Waals surface area contributed by atoms with Crippen molar-refractivity contribution >= 4 is 34.1 Å². The molecule has 0 aromatic carbocycles. The van der Waals surface area contributed by atoms with Gasteiger partial charge in [-0.1, -0.05) is 5.16 Å². The summed E-state index contributed by atoms with van der Waals surface area (Å²) in [6.45, 7) is 4.03. The number of nitrogens with zero attached hydrogens (tertiary/aromatic N) is 5. The van der Waals surface area contributed by atoms with Crippen LogP contribution in [-0.2, 0) is 4.74 Å². The van der Waals surface area contributed by atoms with Crippen LogP contribution in [0.1, 0.15) is 43.3 Å². The first-order chi connectivity index (χ1) is 17.4. The summed E-state index contributed by atoms with van der Waals surface area (Å²) in [4.78, 5) is 30.7. The molecule has 12 nitrogen and oxygen atoms in total. The lowest BCUT2D eigenvalue weighted by Crippen LogP contribution is -2.51. The van der Waals surface area contributed by atoms with Gasteiger partial charge in [-0.2, -0.15) is 5.10 Å². The second kappa shape index (κ2) is 9.46. The molecule has 0 saturated heterocycles. The molecule has 0 aliphatic heterocycles. The van der Waals surface area contributed by atoms with Crippen LogP contribution in [0.25, 0.3) is 16.7 Å². The van der Waals surface area contributed by atoms with E-state index in [0.29, 0.717) is 28.4 Å². The predicted octanol–water partition coefficient (Wildman–Crippen LogP) is 2.84. The Hall–Kier alpha value is -4.19. The quantitative estimate of drug-likeness (QED) is 0.338. The molecule has 4 aromatic heterocycles. The van der Waals surface area contributed by atoms with Crippen molar-refractivity contribution in [3.8, 4) is 5.69 Å². The van der Waals surface area contributed by atoms with E-state index in [-0.39, 0.29) is 35.0 Å². The number of pyridine rings is 2. The third-order valence-electron chi connectivity index (χ3n) is 6.35. The van der Waals surface area contributed by atoms with Gasteiger partial charge in [0, 0.05) is 38.7 Å². The molecule has 36 heavy (non-hydrogen) atoms. The van der Waals surface area contributed by atoms with Crippen molar-refractivity contribution in [1.29, 1.82) is 0 Å². The highest BCUT2D eigenvalue weighted by molar-refractivity contribution is 6.05. The first-order valence-electron chi connectivity index (χ1n) is 11.7. The van der Waals surface area contributed by atoms with Crippen molar-refractivity contribution in [2.75, 3.05) is 24.8 Å². The van der Waals surface area contributed by atoms with Gasteiger partial charge in [-0.05, 0) is 38.8 Å². The molecule has 1 amide bonds. The third-order valence-corrected chi connectivity index (χ3v) is 6.35. The number of rotatable bonds is 8. The van der Waals surface area contributed by atoms with Gasteiger partial charge in [0.2, 0.25) is 5.76 Å². The van der Waals surface area contributed by atoms with Gasteiger partial charge in [-0.25, -0.2) is 4.98 Å². The number of hydrogen-bond donors (Lipinski definition) is 3. The number of hydrogen-bond acceptors (Lipinski definition) is 9. The monoisotopic (exact) mass is 492 g/mol. The van der Waals surface area contributed by atoms with Gasteiger partial charge in [-0.15, -0.1) is 0 Å². The van der Waals surface area contributed by atoms with Crippen LogP contribution in [0.3, 0.4) is 0 Å². The van der Waals surface area contributed by atoms with Crippen LogP contribution >= 0.6 is 0 Å². The average Bonchev–Trinajstić information content (AvgIpc) is 3.51. The minimum atomic E-state index is -0.416. The van der Waals surface area contributed by atoms with E-state index in [2.05, 4.69) is 31.2 Å². The van der Waals surface area contributed by atoms with E-state index in [9.17, 15) is 9.59 Å². The predicted molar refractivity (Wildman–Crippen MR) is 134 cm³/mol. The van der Waals surface area contributed by atoms with Crippen molar-refractivity contribution in [2.45, 2.75) is 44.9 Å². The van der Waals surface area contributed by atoms with Crippen molar-refractivity contribution in [3.63, 3.8) is 0 Å². The van der Waals surface area contributed by atoms with Gasteiger partial charge in [0.15, 0.2) is 5.52 Å². The summed E-state index contributed by atoms with van der Waals surface area (Å²) in [6.07, 6.45) is 6.84. The molecule has 5 rings (SSSR count). The molecule has 4 aromatic rings. The minimum Gasteiger partial charge on any atom is -0.386 e. The molecule has 1 aliphatic carbocycles. The Balaban J connectivity index is 1.47. The van der Waals surface area contributed by atoms with Gasteiger partial charge in [0.05, 0.1) is 29.7 Å². The number of amides is 1. The Morgan fingerprint density at radius 1 is 1.25 bits per heavy atom. The lowest BCUT2D eigenvalue weighted by molar-refractivity contribution is 0.00678. The van der Waals surface area contributed by atoms with E-state index in [1.54, 1.807) is 49.4 Å². The molecular formula is C24H28N8O4. The zero-order chi connectivity index (χ0) is 25.4. The minimum absolute atomic E-state index is 0.00141. The summed E-state index contributed by atoms with van der Waals surface area (Å²) in [7, 11) is 3.35. The highest BCUT2D eigenvalue weighted by Gasteiger charge is 2.34. The Bertz CT molecular complexity index is 1470. The molecule has 2 atom stereocenters. The topological polar surface area (TPSA) is 141 Å². The number of aromatic nitrogens is 5. The van der Waals surface area contributed by atoms with Crippen LogP contribution in [0.5, 0.6) is 0 Å². The molecule has 4 heterocycles. The van der Waals surface area contributed by atoms with Crippen LogP contribution in [0.15, 0.2) is 46.1 Å². The van der Waals surface area contributed by atoms with Crippen LogP contribution < -0.4 is 21.5 Å². The summed E-state index contributed by atoms with van der Waals surface area (Å²) < 4.78 is 14.0. The van der Waals surface area contributed by atoms with E-state index in [0.717, 1.165) is 12.8 Å². The van der Waals surface area contributed by atoms with Gasteiger partial charge >= 0.3 is 0 Å². The van der Waals surface area contributed by atoms with Gasteiger partial charge in [0.25, 0.3) is 11.5 Å². The molecule has 1 aliphatic rings. The van der Waals surface area contributed by atoms with Crippen LogP contribution in [0.2, 0.25) is 0 Å². The Kier molecular flexibility index (Phi) is 6.18. The van der Waals surface area contributed by atoms with Crippen LogP contribution in [0.4, 0.5) is 17.2 Å². The fourth-order valence-corrected chi connectivity index (χ4v) is 4.14. The average molecular weight is 493 g/mol. The Morgan fingerprint density at radius 3 is 2.75 bits per heavy atom. The third kappa shape index (κ3) is 4.19. The van der Waals surface area contributed by atoms with E-state index in [1.165, 1.54) is 4.57 Å². The van der Waals surface area contributed by atoms with E-state index < -0.39 is 5.91 Å². The lowest BCUT2D eigenvalue weighted by Gasteiger charge is -2.35. The molecular weight excluding hydrogens is 464 g/mol. The molecule has 1 saturated carbocycles. The second-order valence-electron chi connectivity index (χ2n) is 8.94. The molecule has 12 heteroatoms. The normalized spacial score (nSPS) is 17.2. The first kappa shape index (κ1) is 23.5. The van der Waals surface area contributed by atoms with Crippen molar-refractivity contribution in [1.82, 2.24) is 29.8 Å². The first-order valence-corrected chi connectivity index (χ1v) is 11.7. The molecule has 0 unspecified atom stereocenters. The van der Waals surface area contributed by atoms with E-state index >= 15 is 0 Å². The van der Waals surface area contributed by atoms with Gasteiger partial charge in [-0.3, -0.25) is 18.8 Å². The smallest absolute Gasteiger partial charge is 0.292 e. The number of fused-ring (bicyclic) bond motifs is 1. The van der Waals surface area contributed by atoms with Gasteiger partial charge < -0.3 is 25.2 Å².